The molecule has 0 bridgehead atoms. The molecule has 0 aliphatic heterocycles. The van der Waals surface area contributed by atoms with E-state index in [1.54, 1.807) is 12.1 Å². The lowest BCUT2D eigenvalue weighted by molar-refractivity contribution is -0.149. The van der Waals surface area contributed by atoms with Gasteiger partial charge in [0.15, 0.2) is 6.10 Å². The van der Waals surface area contributed by atoms with Crippen LogP contribution in [0.3, 0.4) is 0 Å². The molecular weight excluding hydrogens is 234 g/mol. The molecule has 98 valence electrons. The molecule has 18 heavy (non-hydrogen) atoms. The minimum Gasteiger partial charge on any atom is -0.467 e. The van der Waals surface area contributed by atoms with Crippen molar-refractivity contribution in [2.24, 2.45) is 0 Å². The fourth-order valence-corrected chi connectivity index (χ4v) is 1.50. The largest absolute Gasteiger partial charge is 0.467 e. The number of aliphatic hydroxyl groups is 1. The van der Waals surface area contributed by atoms with Gasteiger partial charge in [0.1, 0.15) is 0 Å². The lowest BCUT2D eigenvalue weighted by Crippen LogP contribution is -2.37. The molecule has 1 aromatic rings. The number of esters is 1. The van der Waals surface area contributed by atoms with Gasteiger partial charge in [-0.25, -0.2) is 4.79 Å². The standard InChI is InChI=1S/C13H17NO4/c1-8-5-4-6-10(9(8)2)12(16)14-7-11(15)13(17)18-3/h4-6,11,15H,7H2,1-3H3,(H,14,16). The summed E-state index contributed by atoms with van der Waals surface area (Å²) in [6, 6.07) is 5.39. The highest BCUT2D eigenvalue weighted by Crippen LogP contribution is 2.12. The maximum atomic E-state index is 11.9. The monoisotopic (exact) mass is 251 g/mol. The number of aryl methyl sites for hydroxylation is 1. The Morgan fingerprint density at radius 2 is 2.06 bits per heavy atom. The molecular formula is C13H17NO4. The molecule has 0 fully saturated rings. The average molecular weight is 251 g/mol. The summed E-state index contributed by atoms with van der Waals surface area (Å²) in [7, 11) is 1.18. The molecule has 1 unspecified atom stereocenters. The van der Waals surface area contributed by atoms with Crippen LogP contribution >= 0.6 is 0 Å². The van der Waals surface area contributed by atoms with Crippen molar-refractivity contribution in [3.63, 3.8) is 0 Å². The second-order valence-electron chi connectivity index (χ2n) is 4.00. The Hall–Kier alpha value is -1.88. The Morgan fingerprint density at radius 3 is 2.67 bits per heavy atom. The molecule has 1 amide bonds. The zero-order valence-electron chi connectivity index (χ0n) is 10.7. The van der Waals surface area contributed by atoms with Crippen LogP contribution in [0.15, 0.2) is 18.2 Å². The zero-order valence-corrected chi connectivity index (χ0v) is 10.7. The van der Waals surface area contributed by atoms with Gasteiger partial charge in [0.2, 0.25) is 0 Å². The Morgan fingerprint density at radius 1 is 1.39 bits per heavy atom. The van der Waals surface area contributed by atoms with Crippen LogP contribution in [0, 0.1) is 13.8 Å². The molecule has 0 heterocycles. The van der Waals surface area contributed by atoms with E-state index in [0.717, 1.165) is 11.1 Å². The van der Waals surface area contributed by atoms with Gasteiger partial charge in [0.25, 0.3) is 5.91 Å². The van der Waals surface area contributed by atoms with Crippen molar-refractivity contribution in [3.8, 4) is 0 Å². The number of carbonyl (C=O) groups excluding carboxylic acids is 2. The summed E-state index contributed by atoms with van der Waals surface area (Å²) < 4.78 is 4.35. The van der Waals surface area contributed by atoms with E-state index in [9.17, 15) is 14.7 Å². The van der Waals surface area contributed by atoms with Gasteiger partial charge in [-0.2, -0.15) is 0 Å². The number of methoxy groups -OCH3 is 1. The van der Waals surface area contributed by atoms with Gasteiger partial charge in [-0.3, -0.25) is 4.79 Å². The summed E-state index contributed by atoms with van der Waals surface area (Å²) in [4.78, 5) is 22.8. The lowest BCUT2D eigenvalue weighted by Gasteiger charge is -2.11. The minimum absolute atomic E-state index is 0.168. The summed E-state index contributed by atoms with van der Waals surface area (Å²) >= 11 is 0. The Balaban J connectivity index is 2.66. The molecule has 5 nitrogen and oxygen atoms in total. The first-order chi connectivity index (χ1) is 8.47. The molecule has 0 saturated carbocycles. The van der Waals surface area contributed by atoms with E-state index in [4.69, 9.17) is 0 Å². The maximum Gasteiger partial charge on any atom is 0.336 e. The smallest absolute Gasteiger partial charge is 0.336 e. The van der Waals surface area contributed by atoms with Gasteiger partial charge >= 0.3 is 5.97 Å². The SMILES string of the molecule is COC(=O)C(O)CNC(=O)c1cccc(C)c1C. The highest BCUT2D eigenvalue weighted by Gasteiger charge is 2.17. The van der Waals surface area contributed by atoms with Crippen molar-refractivity contribution >= 4 is 11.9 Å². The molecule has 1 aromatic carbocycles. The maximum absolute atomic E-state index is 11.9. The highest BCUT2D eigenvalue weighted by molar-refractivity contribution is 5.96. The third-order valence-electron chi connectivity index (χ3n) is 2.78. The van der Waals surface area contributed by atoms with Crippen LogP contribution in [0.1, 0.15) is 21.5 Å². The molecule has 0 aliphatic rings. The lowest BCUT2D eigenvalue weighted by atomic mass is 10.0. The molecule has 0 saturated heterocycles. The predicted molar refractivity (Wildman–Crippen MR) is 66.3 cm³/mol. The average Bonchev–Trinajstić information content (AvgIpc) is 2.37. The Bertz CT molecular complexity index is 456. The van der Waals surface area contributed by atoms with Gasteiger partial charge < -0.3 is 15.2 Å². The molecule has 0 radical (unpaired) electrons. The van der Waals surface area contributed by atoms with E-state index >= 15 is 0 Å². The van der Waals surface area contributed by atoms with E-state index in [2.05, 4.69) is 10.1 Å². The third-order valence-corrected chi connectivity index (χ3v) is 2.78. The van der Waals surface area contributed by atoms with Crippen molar-refractivity contribution < 1.29 is 19.4 Å². The van der Waals surface area contributed by atoms with Gasteiger partial charge in [-0.1, -0.05) is 12.1 Å². The number of aliphatic hydroxyl groups excluding tert-OH is 1. The number of hydrogen-bond acceptors (Lipinski definition) is 4. The molecule has 1 atom stereocenters. The number of amides is 1. The first kappa shape index (κ1) is 14.2. The minimum atomic E-state index is -1.34. The van der Waals surface area contributed by atoms with Gasteiger partial charge in [0, 0.05) is 5.56 Å². The number of nitrogens with one attached hydrogen (secondary N) is 1. The van der Waals surface area contributed by atoms with E-state index < -0.39 is 12.1 Å². The fourth-order valence-electron chi connectivity index (χ4n) is 1.50. The van der Waals surface area contributed by atoms with Crippen LogP contribution in [0.4, 0.5) is 0 Å². The second kappa shape index (κ2) is 6.16. The van der Waals surface area contributed by atoms with Crippen LogP contribution < -0.4 is 5.32 Å². The molecule has 0 spiro atoms. The third kappa shape index (κ3) is 3.30. The number of ether oxygens (including phenoxy) is 1. The molecule has 5 heteroatoms. The van der Waals surface area contributed by atoms with Crippen molar-refractivity contribution in [2.75, 3.05) is 13.7 Å². The Labute approximate surface area is 106 Å². The molecule has 2 N–H and O–H groups in total. The number of carbonyl (C=O) groups is 2. The van der Waals surface area contributed by atoms with Crippen molar-refractivity contribution in [1.82, 2.24) is 5.32 Å². The summed E-state index contributed by atoms with van der Waals surface area (Å²) in [5.74, 6) is -1.09. The van der Waals surface area contributed by atoms with E-state index in [0.29, 0.717) is 5.56 Å². The summed E-state index contributed by atoms with van der Waals surface area (Å²) in [5, 5.41) is 11.8. The van der Waals surface area contributed by atoms with Crippen LogP contribution in [0.5, 0.6) is 0 Å². The fraction of sp³-hybridized carbons (Fsp3) is 0.385. The normalized spacial score (nSPS) is 11.8. The summed E-state index contributed by atoms with van der Waals surface area (Å²) in [5.41, 5.74) is 2.42. The van der Waals surface area contributed by atoms with Crippen molar-refractivity contribution in [3.05, 3.63) is 34.9 Å². The molecule has 0 aromatic heterocycles. The Kier molecular flexibility index (Phi) is 4.85. The van der Waals surface area contributed by atoms with Crippen LogP contribution in [0.2, 0.25) is 0 Å². The first-order valence-corrected chi connectivity index (χ1v) is 5.57. The van der Waals surface area contributed by atoms with E-state index in [-0.39, 0.29) is 12.5 Å². The predicted octanol–water partition coefficient (Wildman–Crippen LogP) is 0.567. The van der Waals surface area contributed by atoms with Gasteiger partial charge in [0.05, 0.1) is 13.7 Å². The first-order valence-electron chi connectivity index (χ1n) is 5.57. The van der Waals surface area contributed by atoms with Gasteiger partial charge in [-0.15, -0.1) is 0 Å². The number of rotatable bonds is 4. The topological polar surface area (TPSA) is 75.6 Å². The van der Waals surface area contributed by atoms with Crippen LogP contribution in [0.25, 0.3) is 0 Å². The zero-order chi connectivity index (χ0) is 13.7. The summed E-state index contributed by atoms with van der Waals surface area (Å²) in [6.07, 6.45) is -1.34. The van der Waals surface area contributed by atoms with Crippen molar-refractivity contribution in [1.29, 1.82) is 0 Å². The van der Waals surface area contributed by atoms with Crippen LogP contribution in [-0.2, 0) is 9.53 Å². The summed E-state index contributed by atoms with van der Waals surface area (Å²) in [6.45, 7) is 3.59. The van der Waals surface area contributed by atoms with E-state index in [1.165, 1.54) is 7.11 Å². The number of benzene rings is 1. The van der Waals surface area contributed by atoms with Crippen molar-refractivity contribution in [2.45, 2.75) is 20.0 Å². The second-order valence-corrected chi connectivity index (χ2v) is 4.00. The number of hydrogen-bond donors (Lipinski definition) is 2. The van der Waals surface area contributed by atoms with Crippen LogP contribution in [-0.4, -0.2) is 36.7 Å². The van der Waals surface area contributed by atoms with E-state index in [1.807, 2.05) is 19.9 Å². The van der Waals surface area contributed by atoms with Gasteiger partial charge in [-0.05, 0) is 31.0 Å². The molecule has 1 rings (SSSR count). The molecule has 0 aliphatic carbocycles. The quantitative estimate of drug-likeness (QED) is 0.767. The highest BCUT2D eigenvalue weighted by atomic mass is 16.5.